The van der Waals surface area contributed by atoms with Crippen molar-refractivity contribution in [1.82, 2.24) is 20.9 Å². The van der Waals surface area contributed by atoms with Crippen LogP contribution in [0.15, 0.2) is 24.5 Å². The molecule has 1 aromatic heterocycles. The first-order valence-electron chi connectivity index (χ1n) is 9.64. The number of carbonyl (C=O) groups is 6. The Morgan fingerprint density at radius 2 is 1.40 bits per heavy atom. The smallest absolute Gasteiger partial charge is 0.480 e. The fourth-order valence-corrected chi connectivity index (χ4v) is 2.15. The van der Waals surface area contributed by atoms with E-state index in [1.54, 1.807) is 24.5 Å². The van der Waals surface area contributed by atoms with Crippen molar-refractivity contribution in [1.29, 1.82) is 0 Å². The van der Waals surface area contributed by atoms with E-state index in [0.29, 0.717) is 0 Å². The third-order valence-electron chi connectivity index (χ3n) is 3.90. The summed E-state index contributed by atoms with van der Waals surface area (Å²) in [6.45, 7) is 2.78. The van der Waals surface area contributed by atoms with Gasteiger partial charge in [0.15, 0.2) is 0 Å². The molecule has 4 amide bonds. The van der Waals surface area contributed by atoms with Gasteiger partial charge in [-0.3, -0.25) is 24.2 Å². The summed E-state index contributed by atoms with van der Waals surface area (Å²) in [4.78, 5) is 70.8. The first kappa shape index (κ1) is 30.8. The van der Waals surface area contributed by atoms with Crippen LogP contribution in [0.4, 0.5) is 13.2 Å². The molecule has 0 aliphatic heterocycles. The third kappa shape index (κ3) is 13.2. The van der Waals surface area contributed by atoms with Crippen LogP contribution in [0.3, 0.4) is 0 Å². The molecule has 0 aromatic carbocycles. The third-order valence-corrected chi connectivity index (χ3v) is 3.90. The molecule has 0 spiro atoms. The van der Waals surface area contributed by atoms with Crippen molar-refractivity contribution in [2.75, 3.05) is 0 Å². The highest BCUT2D eigenvalue weighted by molar-refractivity contribution is 5.94. The first-order valence-corrected chi connectivity index (χ1v) is 9.64. The Kier molecular flexibility index (Phi) is 12.4. The van der Waals surface area contributed by atoms with E-state index in [1.165, 1.54) is 13.8 Å². The van der Waals surface area contributed by atoms with Crippen LogP contribution in [-0.2, 0) is 35.2 Å². The minimum atomic E-state index is -5.08. The van der Waals surface area contributed by atoms with Gasteiger partial charge in [-0.15, -0.1) is 0 Å². The summed E-state index contributed by atoms with van der Waals surface area (Å²) in [6, 6.07) is -0.183. The number of carboxylic acids is 2. The number of carboxylic acid groups (broad SMARTS) is 2. The number of pyridine rings is 1. The van der Waals surface area contributed by atoms with Crippen molar-refractivity contribution in [3.8, 4) is 0 Å². The van der Waals surface area contributed by atoms with Crippen molar-refractivity contribution in [2.24, 2.45) is 5.73 Å². The summed E-state index contributed by atoms with van der Waals surface area (Å²) in [5, 5.41) is 23.1. The summed E-state index contributed by atoms with van der Waals surface area (Å²) in [7, 11) is 0. The van der Waals surface area contributed by atoms with Gasteiger partial charge in [-0.05, 0) is 31.5 Å². The molecular formula is C19H24F3N5O8. The molecule has 0 fully saturated rings. The highest BCUT2D eigenvalue weighted by atomic mass is 19.4. The molecule has 0 aliphatic rings. The molecule has 1 heterocycles. The van der Waals surface area contributed by atoms with Gasteiger partial charge in [0.05, 0.1) is 12.8 Å². The maximum absolute atomic E-state index is 12.1. The molecule has 0 saturated carbocycles. The Hall–Kier alpha value is -4.24. The van der Waals surface area contributed by atoms with Gasteiger partial charge >= 0.3 is 18.1 Å². The molecule has 194 valence electrons. The largest absolute Gasteiger partial charge is 0.490 e. The standard InChI is InChI=1S/C17H23N5O6.C2HF3O2/c1-9(20-14(24)7-11-3-5-19-6-4-11)15(25)21-10(2)16(26)22-12(17(27)28)8-13(18)23;3-2(4,5)1(6)7/h3-6,9-10,12H,7-8H2,1-2H3,(H2,18,23)(H,20,24)(H,21,25)(H,22,26)(H,27,28);(H,6,7). The minimum absolute atomic E-state index is 0.0591. The van der Waals surface area contributed by atoms with Crippen LogP contribution in [0.25, 0.3) is 0 Å². The number of primary amides is 1. The molecule has 16 heteroatoms. The number of nitrogens with one attached hydrogen (secondary N) is 3. The lowest BCUT2D eigenvalue weighted by Gasteiger charge is -2.20. The van der Waals surface area contributed by atoms with Crippen LogP contribution in [0.5, 0.6) is 0 Å². The van der Waals surface area contributed by atoms with Crippen molar-refractivity contribution < 1.29 is 52.2 Å². The molecule has 13 nitrogen and oxygen atoms in total. The number of amides is 4. The summed E-state index contributed by atoms with van der Waals surface area (Å²) in [6.07, 6.45) is -2.52. The van der Waals surface area contributed by atoms with Crippen LogP contribution in [0.2, 0.25) is 0 Å². The number of hydrogen-bond acceptors (Lipinski definition) is 7. The molecule has 3 atom stereocenters. The van der Waals surface area contributed by atoms with E-state index in [2.05, 4.69) is 20.9 Å². The van der Waals surface area contributed by atoms with Crippen molar-refractivity contribution in [2.45, 2.75) is 51.0 Å². The monoisotopic (exact) mass is 507 g/mol. The van der Waals surface area contributed by atoms with Crippen molar-refractivity contribution in [3.05, 3.63) is 30.1 Å². The van der Waals surface area contributed by atoms with E-state index < -0.39 is 66.3 Å². The predicted molar refractivity (Wildman–Crippen MR) is 110 cm³/mol. The number of alkyl halides is 3. The molecule has 1 aromatic rings. The van der Waals surface area contributed by atoms with Crippen LogP contribution >= 0.6 is 0 Å². The van der Waals surface area contributed by atoms with Gasteiger partial charge in [0, 0.05) is 12.4 Å². The molecule has 0 aliphatic carbocycles. The highest BCUT2D eigenvalue weighted by Gasteiger charge is 2.38. The minimum Gasteiger partial charge on any atom is -0.480 e. The molecule has 3 unspecified atom stereocenters. The zero-order chi connectivity index (χ0) is 27.3. The van der Waals surface area contributed by atoms with Crippen LogP contribution < -0.4 is 21.7 Å². The van der Waals surface area contributed by atoms with Gasteiger partial charge in [0.1, 0.15) is 18.1 Å². The van der Waals surface area contributed by atoms with Gasteiger partial charge < -0.3 is 31.9 Å². The van der Waals surface area contributed by atoms with Gasteiger partial charge in [0.25, 0.3) is 0 Å². The number of halogens is 3. The van der Waals surface area contributed by atoms with Crippen LogP contribution in [-0.4, -0.2) is 75.1 Å². The van der Waals surface area contributed by atoms with Gasteiger partial charge in [-0.2, -0.15) is 13.2 Å². The number of nitrogens with two attached hydrogens (primary N) is 1. The normalized spacial score (nSPS) is 13.1. The second kappa shape index (κ2) is 14.1. The SMILES string of the molecule is CC(NC(=O)Cc1ccncc1)C(=O)NC(C)C(=O)NC(CC(N)=O)C(=O)O.O=C(O)C(F)(F)F. The summed E-state index contributed by atoms with van der Waals surface area (Å²) in [5.74, 6) is -6.91. The number of rotatable bonds is 10. The lowest BCUT2D eigenvalue weighted by Crippen LogP contribution is -2.54. The fourth-order valence-electron chi connectivity index (χ4n) is 2.15. The highest BCUT2D eigenvalue weighted by Crippen LogP contribution is 2.13. The zero-order valence-corrected chi connectivity index (χ0v) is 18.5. The topological polar surface area (TPSA) is 218 Å². The zero-order valence-electron chi connectivity index (χ0n) is 18.5. The molecule has 7 N–H and O–H groups in total. The fraction of sp³-hybridized carbons (Fsp3) is 0.421. The summed E-state index contributed by atoms with van der Waals surface area (Å²) in [5.41, 5.74) is 5.66. The Labute approximate surface area is 196 Å². The van der Waals surface area contributed by atoms with E-state index in [4.69, 9.17) is 20.7 Å². The van der Waals surface area contributed by atoms with E-state index >= 15 is 0 Å². The average Bonchev–Trinajstić information content (AvgIpc) is 2.72. The number of aliphatic carboxylic acids is 2. The number of hydrogen-bond donors (Lipinski definition) is 6. The first-order chi connectivity index (χ1) is 16.0. The van der Waals surface area contributed by atoms with Crippen LogP contribution in [0.1, 0.15) is 25.8 Å². The molecule has 0 bridgehead atoms. The lowest BCUT2D eigenvalue weighted by molar-refractivity contribution is -0.192. The molecule has 1 rings (SSSR count). The maximum atomic E-state index is 12.1. The lowest BCUT2D eigenvalue weighted by atomic mass is 10.1. The molecule has 35 heavy (non-hydrogen) atoms. The summed E-state index contributed by atoms with van der Waals surface area (Å²) < 4.78 is 31.7. The second-order valence-electron chi connectivity index (χ2n) is 6.92. The molecule has 0 saturated heterocycles. The van der Waals surface area contributed by atoms with E-state index in [-0.39, 0.29) is 6.42 Å². The quantitative estimate of drug-likeness (QED) is 0.222. The van der Waals surface area contributed by atoms with Gasteiger partial charge in [-0.1, -0.05) is 0 Å². The number of carbonyl (C=O) groups excluding carboxylic acids is 4. The second-order valence-corrected chi connectivity index (χ2v) is 6.92. The van der Waals surface area contributed by atoms with Gasteiger partial charge in [0.2, 0.25) is 23.6 Å². The average molecular weight is 507 g/mol. The summed E-state index contributed by atoms with van der Waals surface area (Å²) >= 11 is 0. The number of aromatic nitrogens is 1. The number of nitrogens with zero attached hydrogens (tertiary/aromatic N) is 1. The van der Waals surface area contributed by atoms with E-state index in [9.17, 15) is 37.1 Å². The Bertz CT molecular complexity index is 927. The van der Waals surface area contributed by atoms with Gasteiger partial charge in [-0.25, -0.2) is 9.59 Å². The Balaban J connectivity index is 0.00000143. The van der Waals surface area contributed by atoms with Crippen LogP contribution in [0, 0.1) is 0 Å². The maximum Gasteiger partial charge on any atom is 0.490 e. The van der Waals surface area contributed by atoms with Crippen molar-refractivity contribution in [3.63, 3.8) is 0 Å². The predicted octanol–water partition coefficient (Wildman–Crippen LogP) is -1.29. The molecular weight excluding hydrogens is 483 g/mol. The van der Waals surface area contributed by atoms with E-state index in [0.717, 1.165) is 5.56 Å². The Morgan fingerprint density at radius 1 is 0.943 bits per heavy atom. The molecule has 0 radical (unpaired) electrons. The Morgan fingerprint density at radius 3 is 1.83 bits per heavy atom. The van der Waals surface area contributed by atoms with E-state index in [1.807, 2.05) is 0 Å². The van der Waals surface area contributed by atoms with Crippen molar-refractivity contribution >= 4 is 35.6 Å².